The van der Waals surface area contributed by atoms with Gasteiger partial charge < -0.3 is 5.11 Å². The van der Waals surface area contributed by atoms with Crippen molar-refractivity contribution in [2.45, 2.75) is 11.3 Å². The summed E-state index contributed by atoms with van der Waals surface area (Å²) >= 11 is 1.47. The van der Waals surface area contributed by atoms with Crippen LogP contribution in [0.4, 0.5) is 4.39 Å². The smallest absolute Gasteiger partial charge is 0.172 e. The summed E-state index contributed by atoms with van der Waals surface area (Å²) in [5, 5.41) is 10.9. The SMILES string of the molecule is OC(CSc1ncc2ccccn12)c1ccc(F)cc1. The van der Waals surface area contributed by atoms with Gasteiger partial charge in [0.2, 0.25) is 0 Å². The van der Waals surface area contributed by atoms with Gasteiger partial charge in [0, 0.05) is 11.9 Å². The highest BCUT2D eigenvalue weighted by Crippen LogP contribution is 2.24. The molecule has 2 aromatic heterocycles. The van der Waals surface area contributed by atoms with Gasteiger partial charge in [-0.05, 0) is 29.8 Å². The van der Waals surface area contributed by atoms with Crippen LogP contribution in [0.2, 0.25) is 0 Å². The number of benzene rings is 1. The van der Waals surface area contributed by atoms with E-state index in [1.807, 2.05) is 28.8 Å². The number of pyridine rings is 1. The Labute approximate surface area is 120 Å². The molecule has 0 saturated heterocycles. The molecule has 2 heterocycles. The molecule has 3 aromatic rings. The highest BCUT2D eigenvalue weighted by Gasteiger charge is 2.10. The van der Waals surface area contributed by atoms with Crippen molar-refractivity contribution >= 4 is 17.3 Å². The van der Waals surface area contributed by atoms with Gasteiger partial charge in [-0.15, -0.1) is 0 Å². The maximum absolute atomic E-state index is 12.8. The summed E-state index contributed by atoms with van der Waals surface area (Å²) in [5.41, 5.74) is 1.73. The lowest BCUT2D eigenvalue weighted by Gasteiger charge is -2.10. The largest absolute Gasteiger partial charge is 0.388 e. The molecule has 1 atom stereocenters. The van der Waals surface area contributed by atoms with Crippen LogP contribution in [0.3, 0.4) is 0 Å². The number of fused-ring (bicyclic) bond motifs is 1. The summed E-state index contributed by atoms with van der Waals surface area (Å²) in [4.78, 5) is 4.33. The van der Waals surface area contributed by atoms with Crippen molar-refractivity contribution in [1.82, 2.24) is 9.38 Å². The second-order valence-electron chi connectivity index (χ2n) is 4.41. The monoisotopic (exact) mass is 288 g/mol. The standard InChI is InChI=1S/C15H13FN2OS/c16-12-6-4-11(5-7-12)14(19)10-20-15-17-9-13-3-1-2-8-18(13)15/h1-9,14,19H,10H2. The molecule has 0 radical (unpaired) electrons. The zero-order chi connectivity index (χ0) is 13.9. The molecule has 1 aromatic carbocycles. The van der Waals surface area contributed by atoms with Crippen LogP contribution in [0.1, 0.15) is 11.7 Å². The first-order chi connectivity index (χ1) is 9.74. The van der Waals surface area contributed by atoms with Crippen molar-refractivity contribution in [3.8, 4) is 0 Å². The van der Waals surface area contributed by atoms with Crippen molar-refractivity contribution < 1.29 is 9.50 Å². The number of hydrogen-bond donors (Lipinski definition) is 1. The van der Waals surface area contributed by atoms with Gasteiger partial charge in [0.25, 0.3) is 0 Å². The van der Waals surface area contributed by atoms with Crippen LogP contribution in [0.15, 0.2) is 60.0 Å². The number of imidazole rings is 1. The zero-order valence-electron chi connectivity index (χ0n) is 10.6. The van der Waals surface area contributed by atoms with Gasteiger partial charge in [0.15, 0.2) is 5.16 Å². The Morgan fingerprint density at radius 1 is 1.20 bits per heavy atom. The normalized spacial score (nSPS) is 12.7. The quantitative estimate of drug-likeness (QED) is 0.749. The van der Waals surface area contributed by atoms with Crippen LogP contribution in [0.25, 0.3) is 5.52 Å². The Morgan fingerprint density at radius 3 is 2.80 bits per heavy atom. The second kappa shape index (κ2) is 5.64. The van der Waals surface area contributed by atoms with Gasteiger partial charge in [-0.25, -0.2) is 9.37 Å². The van der Waals surface area contributed by atoms with Crippen LogP contribution in [-0.2, 0) is 0 Å². The fourth-order valence-electron chi connectivity index (χ4n) is 1.96. The Morgan fingerprint density at radius 2 is 2.00 bits per heavy atom. The fraction of sp³-hybridized carbons (Fsp3) is 0.133. The highest BCUT2D eigenvalue weighted by molar-refractivity contribution is 7.99. The zero-order valence-corrected chi connectivity index (χ0v) is 11.4. The van der Waals surface area contributed by atoms with Gasteiger partial charge in [0.1, 0.15) is 5.82 Å². The number of rotatable bonds is 4. The number of aliphatic hydroxyl groups excluding tert-OH is 1. The molecule has 0 fully saturated rings. The van der Waals surface area contributed by atoms with Gasteiger partial charge in [-0.1, -0.05) is 30.0 Å². The summed E-state index contributed by atoms with van der Waals surface area (Å²) < 4.78 is 14.8. The summed E-state index contributed by atoms with van der Waals surface area (Å²) in [6.07, 6.45) is 3.10. The van der Waals surface area contributed by atoms with E-state index >= 15 is 0 Å². The van der Waals surface area contributed by atoms with Crippen molar-refractivity contribution in [3.05, 3.63) is 66.2 Å². The first-order valence-corrected chi connectivity index (χ1v) is 7.21. The molecule has 102 valence electrons. The topological polar surface area (TPSA) is 37.5 Å². The Balaban J connectivity index is 1.71. The van der Waals surface area contributed by atoms with Gasteiger partial charge >= 0.3 is 0 Å². The van der Waals surface area contributed by atoms with Gasteiger partial charge in [0.05, 0.1) is 17.8 Å². The lowest BCUT2D eigenvalue weighted by molar-refractivity contribution is 0.204. The molecule has 1 N–H and O–H groups in total. The van der Waals surface area contributed by atoms with Crippen molar-refractivity contribution in [2.75, 3.05) is 5.75 Å². The minimum atomic E-state index is -0.642. The molecule has 0 bridgehead atoms. The van der Waals surface area contributed by atoms with E-state index in [2.05, 4.69) is 4.98 Å². The van der Waals surface area contributed by atoms with E-state index in [0.717, 1.165) is 10.7 Å². The highest BCUT2D eigenvalue weighted by atomic mass is 32.2. The summed E-state index contributed by atoms with van der Waals surface area (Å²) in [6.45, 7) is 0. The number of hydrogen-bond acceptors (Lipinski definition) is 3. The van der Waals surface area contributed by atoms with E-state index < -0.39 is 6.10 Å². The average molecular weight is 288 g/mol. The molecule has 0 aliphatic carbocycles. The number of aliphatic hydroxyl groups is 1. The van der Waals surface area contributed by atoms with E-state index in [1.54, 1.807) is 18.3 Å². The molecular formula is C15H13FN2OS. The number of thioether (sulfide) groups is 1. The Kier molecular flexibility index (Phi) is 3.71. The van der Waals surface area contributed by atoms with Crippen LogP contribution < -0.4 is 0 Å². The Bertz CT molecular complexity index is 711. The van der Waals surface area contributed by atoms with Gasteiger partial charge in [-0.3, -0.25) is 4.40 Å². The molecule has 20 heavy (non-hydrogen) atoms. The third-order valence-corrected chi connectivity index (χ3v) is 4.07. The minimum Gasteiger partial charge on any atom is -0.388 e. The third-order valence-electron chi connectivity index (χ3n) is 3.03. The number of nitrogens with zero attached hydrogens (tertiary/aromatic N) is 2. The van der Waals surface area contributed by atoms with E-state index in [-0.39, 0.29) is 5.82 Å². The minimum absolute atomic E-state index is 0.298. The number of aromatic nitrogens is 2. The molecule has 0 amide bonds. The predicted octanol–water partition coefficient (Wildman–Crippen LogP) is 3.30. The molecule has 5 heteroatoms. The van der Waals surface area contributed by atoms with E-state index in [1.165, 1.54) is 23.9 Å². The van der Waals surface area contributed by atoms with Crippen LogP contribution >= 0.6 is 11.8 Å². The van der Waals surface area contributed by atoms with Crippen LogP contribution in [0, 0.1) is 5.82 Å². The molecule has 0 saturated carbocycles. The molecule has 1 unspecified atom stereocenters. The molecular weight excluding hydrogens is 275 g/mol. The summed E-state index contributed by atoms with van der Waals surface area (Å²) in [7, 11) is 0. The van der Waals surface area contributed by atoms with E-state index in [4.69, 9.17) is 0 Å². The van der Waals surface area contributed by atoms with Gasteiger partial charge in [-0.2, -0.15) is 0 Å². The summed E-state index contributed by atoms with van der Waals surface area (Å²) in [5.74, 6) is 0.174. The first kappa shape index (κ1) is 13.1. The third kappa shape index (κ3) is 2.69. The Hall–Kier alpha value is -1.85. The predicted molar refractivity (Wildman–Crippen MR) is 77.3 cm³/mol. The lowest BCUT2D eigenvalue weighted by Crippen LogP contribution is -2.01. The fourth-order valence-corrected chi connectivity index (χ4v) is 2.89. The van der Waals surface area contributed by atoms with E-state index in [9.17, 15) is 9.50 Å². The first-order valence-electron chi connectivity index (χ1n) is 6.22. The van der Waals surface area contributed by atoms with Crippen molar-refractivity contribution in [1.29, 1.82) is 0 Å². The van der Waals surface area contributed by atoms with E-state index in [0.29, 0.717) is 11.3 Å². The molecule has 0 aliphatic heterocycles. The maximum atomic E-state index is 12.8. The maximum Gasteiger partial charge on any atom is 0.172 e. The van der Waals surface area contributed by atoms with Crippen LogP contribution in [-0.4, -0.2) is 20.2 Å². The second-order valence-corrected chi connectivity index (χ2v) is 5.40. The van der Waals surface area contributed by atoms with Crippen LogP contribution in [0.5, 0.6) is 0 Å². The van der Waals surface area contributed by atoms with Crippen molar-refractivity contribution in [2.24, 2.45) is 0 Å². The molecule has 3 rings (SSSR count). The lowest BCUT2D eigenvalue weighted by atomic mass is 10.1. The van der Waals surface area contributed by atoms with Crippen molar-refractivity contribution in [3.63, 3.8) is 0 Å². The number of halogens is 1. The molecule has 3 nitrogen and oxygen atoms in total. The molecule has 0 aliphatic rings. The average Bonchev–Trinajstić information content (AvgIpc) is 2.89. The summed E-state index contributed by atoms with van der Waals surface area (Å²) in [6, 6.07) is 11.8. The molecule has 0 spiro atoms.